The molecule has 0 spiro atoms. The van der Waals surface area contributed by atoms with E-state index in [-0.39, 0.29) is 5.82 Å². The number of pyridine rings is 1. The molecule has 0 aliphatic rings. The number of halogens is 2. The maximum absolute atomic E-state index is 13.1. The number of aryl methyl sites for hydroxylation is 2. The summed E-state index contributed by atoms with van der Waals surface area (Å²) >= 11 is 3.34. The fraction of sp³-hybridized carbons (Fsp3) is 0.200. The van der Waals surface area contributed by atoms with E-state index in [1.54, 1.807) is 10.7 Å². The predicted molar refractivity (Wildman–Crippen MR) is 84.7 cm³/mol. The van der Waals surface area contributed by atoms with E-state index in [0.717, 1.165) is 28.0 Å². The van der Waals surface area contributed by atoms with Crippen molar-refractivity contribution in [2.24, 2.45) is 7.05 Å². The average Bonchev–Trinajstić information content (AvgIpc) is 2.73. The molecule has 0 amide bonds. The molecule has 0 saturated heterocycles. The molecule has 21 heavy (non-hydrogen) atoms. The second-order valence-corrected chi connectivity index (χ2v) is 5.76. The van der Waals surface area contributed by atoms with Crippen molar-refractivity contribution >= 4 is 32.7 Å². The lowest BCUT2D eigenvalue weighted by atomic mass is 10.2. The zero-order chi connectivity index (χ0) is 15.0. The topological polar surface area (TPSA) is 42.7 Å². The molecule has 108 valence electrons. The lowest BCUT2D eigenvalue weighted by Gasteiger charge is -2.08. The van der Waals surface area contributed by atoms with Crippen molar-refractivity contribution in [2.75, 3.05) is 5.32 Å². The van der Waals surface area contributed by atoms with Crippen molar-refractivity contribution in [3.63, 3.8) is 0 Å². The van der Waals surface area contributed by atoms with Gasteiger partial charge in [-0.3, -0.25) is 4.68 Å². The van der Waals surface area contributed by atoms with Crippen molar-refractivity contribution in [2.45, 2.75) is 13.5 Å². The van der Waals surface area contributed by atoms with Crippen molar-refractivity contribution < 1.29 is 4.39 Å². The minimum absolute atomic E-state index is 0.263. The van der Waals surface area contributed by atoms with Crippen LogP contribution in [0.2, 0.25) is 0 Å². The summed E-state index contributed by atoms with van der Waals surface area (Å²) in [7, 11) is 1.88. The Morgan fingerprint density at radius 2 is 2.14 bits per heavy atom. The summed E-state index contributed by atoms with van der Waals surface area (Å²) in [5.41, 5.74) is 3.73. The number of nitrogens with one attached hydrogen (secondary N) is 1. The Morgan fingerprint density at radius 3 is 2.90 bits per heavy atom. The third-order valence-corrected chi connectivity index (χ3v) is 3.99. The molecule has 2 aromatic heterocycles. The van der Waals surface area contributed by atoms with Crippen LogP contribution in [0.3, 0.4) is 0 Å². The van der Waals surface area contributed by atoms with Crippen LogP contribution in [0.4, 0.5) is 10.1 Å². The fourth-order valence-corrected chi connectivity index (χ4v) is 2.77. The Bertz CT molecular complexity index is 813. The van der Waals surface area contributed by atoms with Crippen LogP contribution in [-0.4, -0.2) is 14.8 Å². The monoisotopic (exact) mass is 348 g/mol. The highest BCUT2D eigenvalue weighted by atomic mass is 79.9. The van der Waals surface area contributed by atoms with E-state index in [2.05, 4.69) is 37.4 Å². The van der Waals surface area contributed by atoms with Crippen LogP contribution in [0.5, 0.6) is 0 Å². The molecule has 0 bridgehead atoms. The first-order valence-corrected chi connectivity index (χ1v) is 7.31. The van der Waals surface area contributed by atoms with Crippen LogP contribution in [-0.2, 0) is 13.6 Å². The van der Waals surface area contributed by atoms with Gasteiger partial charge in [0.2, 0.25) is 0 Å². The van der Waals surface area contributed by atoms with Crippen LogP contribution in [0.25, 0.3) is 11.0 Å². The predicted octanol–water partition coefficient (Wildman–Crippen LogP) is 3.79. The second kappa shape index (κ2) is 5.44. The molecule has 3 aromatic rings. The summed E-state index contributed by atoms with van der Waals surface area (Å²) in [6.45, 7) is 2.58. The number of fused-ring (bicyclic) bond motifs is 1. The normalized spacial score (nSPS) is 11.0. The molecule has 2 heterocycles. The van der Waals surface area contributed by atoms with Gasteiger partial charge in [-0.15, -0.1) is 0 Å². The lowest BCUT2D eigenvalue weighted by molar-refractivity contribution is 0.627. The molecule has 6 heteroatoms. The minimum Gasteiger partial charge on any atom is -0.380 e. The van der Waals surface area contributed by atoms with E-state index < -0.39 is 0 Å². The largest absolute Gasteiger partial charge is 0.380 e. The standard InChI is InChI=1S/C15H14BrFN4/c1-9-12-5-10(8-19-15(12)21(2)20-9)7-18-14-4-3-11(17)6-13(14)16/h3-6,8,18H,7H2,1-2H3. The van der Waals surface area contributed by atoms with Crippen LogP contribution in [0.15, 0.2) is 34.9 Å². The van der Waals surface area contributed by atoms with E-state index in [4.69, 9.17) is 0 Å². The smallest absolute Gasteiger partial charge is 0.157 e. The number of hydrogen-bond acceptors (Lipinski definition) is 3. The molecule has 1 aromatic carbocycles. The van der Waals surface area contributed by atoms with E-state index in [1.165, 1.54) is 12.1 Å². The number of nitrogens with zero attached hydrogens (tertiary/aromatic N) is 3. The Kier molecular flexibility index (Phi) is 3.63. The van der Waals surface area contributed by atoms with Gasteiger partial charge >= 0.3 is 0 Å². The molecular weight excluding hydrogens is 335 g/mol. The van der Waals surface area contributed by atoms with Crippen LogP contribution in [0.1, 0.15) is 11.3 Å². The summed E-state index contributed by atoms with van der Waals surface area (Å²) < 4.78 is 15.5. The van der Waals surface area contributed by atoms with Gasteiger partial charge in [0.25, 0.3) is 0 Å². The van der Waals surface area contributed by atoms with Gasteiger partial charge < -0.3 is 5.32 Å². The zero-order valence-corrected chi connectivity index (χ0v) is 13.3. The molecule has 0 saturated carbocycles. The Hall–Kier alpha value is -1.95. The number of benzene rings is 1. The fourth-order valence-electron chi connectivity index (χ4n) is 2.28. The third-order valence-electron chi connectivity index (χ3n) is 3.33. The number of hydrogen-bond donors (Lipinski definition) is 1. The first-order valence-electron chi connectivity index (χ1n) is 6.52. The van der Waals surface area contributed by atoms with Crippen molar-refractivity contribution in [1.82, 2.24) is 14.8 Å². The summed E-state index contributed by atoms with van der Waals surface area (Å²) in [5, 5.41) is 8.68. The molecule has 0 fully saturated rings. The highest BCUT2D eigenvalue weighted by Gasteiger charge is 2.07. The molecule has 0 radical (unpaired) electrons. The van der Waals surface area contributed by atoms with Gasteiger partial charge in [-0.05, 0) is 52.7 Å². The van der Waals surface area contributed by atoms with Gasteiger partial charge in [-0.25, -0.2) is 9.37 Å². The summed E-state index contributed by atoms with van der Waals surface area (Å²) in [4.78, 5) is 4.44. The van der Waals surface area contributed by atoms with Crippen molar-refractivity contribution in [3.05, 3.63) is 52.0 Å². The maximum atomic E-state index is 13.1. The van der Waals surface area contributed by atoms with Crippen LogP contribution < -0.4 is 5.32 Å². The Morgan fingerprint density at radius 1 is 1.33 bits per heavy atom. The van der Waals surface area contributed by atoms with Gasteiger partial charge in [0.1, 0.15) is 5.82 Å². The average molecular weight is 349 g/mol. The molecule has 3 rings (SSSR count). The van der Waals surface area contributed by atoms with E-state index >= 15 is 0 Å². The van der Waals surface area contributed by atoms with Gasteiger partial charge in [0, 0.05) is 35.3 Å². The summed E-state index contributed by atoms with van der Waals surface area (Å²) in [6.07, 6.45) is 1.83. The number of aromatic nitrogens is 3. The highest BCUT2D eigenvalue weighted by Crippen LogP contribution is 2.24. The summed E-state index contributed by atoms with van der Waals surface area (Å²) in [5.74, 6) is -0.263. The first-order chi connectivity index (χ1) is 10.0. The molecular formula is C15H14BrFN4. The van der Waals surface area contributed by atoms with Gasteiger partial charge in [-0.1, -0.05) is 0 Å². The van der Waals surface area contributed by atoms with E-state index in [9.17, 15) is 4.39 Å². The second-order valence-electron chi connectivity index (χ2n) is 4.90. The maximum Gasteiger partial charge on any atom is 0.157 e. The zero-order valence-electron chi connectivity index (χ0n) is 11.7. The van der Waals surface area contributed by atoms with Crippen LogP contribution >= 0.6 is 15.9 Å². The number of rotatable bonds is 3. The summed E-state index contributed by atoms with van der Waals surface area (Å²) in [6, 6.07) is 6.66. The van der Waals surface area contributed by atoms with Gasteiger partial charge in [0.15, 0.2) is 5.65 Å². The minimum atomic E-state index is -0.263. The van der Waals surface area contributed by atoms with E-state index in [1.807, 2.05) is 20.2 Å². The Labute approximate surface area is 130 Å². The lowest BCUT2D eigenvalue weighted by Crippen LogP contribution is -2.01. The molecule has 0 aliphatic carbocycles. The molecule has 4 nitrogen and oxygen atoms in total. The van der Waals surface area contributed by atoms with Crippen molar-refractivity contribution in [3.8, 4) is 0 Å². The van der Waals surface area contributed by atoms with Crippen LogP contribution in [0, 0.1) is 12.7 Å². The molecule has 1 N–H and O–H groups in total. The quantitative estimate of drug-likeness (QED) is 0.782. The van der Waals surface area contributed by atoms with E-state index in [0.29, 0.717) is 11.0 Å². The molecule has 0 unspecified atom stereocenters. The SMILES string of the molecule is Cc1nn(C)c2ncc(CNc3ccc(F)cc3Br)cc12. The first kappa shape index (κ1) is 14.0. The Balaban J connectivity index is 1.83. The van der Waals surface area contributed by atoms with Gasteiger partial charge in [0.05, 0.1) is 5.69 Å². The van der Waals surface area contributed by atoms with Crippen molar-refractivity contribution in [1.29, 1.82) is 0 Å². The third kappa shape index (κ3) is 2.76. The van der Waals surface area contributed by atoms with Gasteiger partial charge in [-0.2, -0.15) is 5.10 Å². The highest BCUT2D eigenvalue weighted by molar-refractivity contribution is 9.10. The molecule has 0 atom stereocenters. The number of anilines is 1. The molecule has 0 aliphatic heterocycles.